The molecule has 0 amide bonds. The van der Waals surface area contributed by atoms with Crippen molar-refractivity contribution >= 4 is 9.73 Å². The van der Waals surface area contributed by atoms with Crippen molar-refractivity contribution in [3.63, 3.8) is 0 Å². The largest absolute Gasteiger partial charge is 0.259 e. The maximum Gasteiger partial charge on any atom is 0.0768 e. The fourth-order valence-electron chi connectivity index (χ4n) is 1.74. The van der Waals surface area contributed by atoms with Crippen LogP contribution < -0.4 is 0 Å². The lowest BCUT2D eigenvalue weighted by Crippen LogP contribution is -2.14. The lowest BCUT2D eigenvalue weighted by molar-refractivity contribution is 0.567. The second-order valence-corrected chi connectivity index (χ2v) is 7.60. The van der Waals surface area contributed by atoms with Gasteiger partial charge in [-0.05, 0) is 18.6 Å². The summed E-state index contributed by atoms with van der Waals surface area (Å²) in [5, 5.41) is 0. The highest BCUT2D eigenvalue weighted by molar-refractivity contribution is 7.93. The third-order valence-electron chi connectivity index (χ3n) is 2.75. The molecule has 0 saturated heterocycles. The summed E-state index contributed by atoms with van der Waals surface area (Å²) in [5.74, 6) is 0.684. The highest BCUT2D eigenvalue weighted by Crippen LogP contribution is 2.23. The minimum Gasteiger partial charge on any atom is -0.259 e. The van der Waals surface area contributed by atoms with Gasteiger partial charge in [-0.25, -0.2) is 8.57 Å². The highest BCUT2D eigenvalue weighted by atomic mass is 32.2. The average Bonchev–Trinajstić information content (AvgIpc) is 2.66. The van der Waals surface area contributed by atoms with E-state index in [4.69, 9.17) is 0 Å². The van der Waals surface area contributed by atoms with E-state index >= 15 is 0 Å². The zero-order valence-electron chi connectivity index (χ0n) is 10.1. The third-order valence-corrected chi connectivity index (χ3v) is 5.17. The van der Waals surface area contributed by atoms with Crippen molar-refractivity contribution in [2.45, 2.75) is 37.5 Å². The van der Waals surface area contributed by atoms with Gasteiger partial charge in [0.05, 0.1) is 14.6 Å². The van der Waals surface area contributed by atoms with Gasteiger partial charge in [0.1, 0.15) is 0 Å². The molecule has 2 heterocycles. The maximum atomic E-state index is 12.3. The molecule has 0 radical (unpaired) electrons. The van der Waals surface area contributed by atoms with E-state index in [1.54, 1.807) is 6.20 Å². The predicted octanol–water partition coefficient (Wildman–Crippen LogP) is 2.61. The third kappa shape index (κ3) is 2.12. The number of hydrogen-bond acceptors (Lipinski definition) is 3. The molecular formula is C12H18N2OS. The Labute approximate surface area is 97.5 Å². The molecule has 0 aliphatic carbocycles. The molecule has 0 saturated carbocycles. The minimum absolute atomic E-state index is 0.0384. The Hall–Kier alpha value is -0.900. The van der Waals surface area contributed by atoms with Gasteiger partial charge in [-0.2, -0.15) is 0 Å². The molecule has 0 fully saturated rings. The predicted molar refractivity (Wildman–Crippen MR) is 66.1 cm³/mol. The lowest BCUT2D eigenvalue weighted by Gasteiger charge is -2.17. The van der Waals surface area contributed by atoms with Gasteiger partial charge in [-0.1, -0.05) is 20.8 Å². The zero-order chi connectivity index (χ0) is 11.8. The Bertz CT molecular complexity index is 491. The molecule has 0 unspecified atom stereocenters. The van der Waals surface area contributed by atoms with Crippen LogP contribution in [0.5, 0.6) is 0 Å². The van der Waals surface area contributed by atoms with Crippen LogP contribution in [0.4, 0.5) is 0 Å². The topological polar surface area (TPSA) is 42.3 Å². The van der Waals surface area contributed by atoms with Crippen molar-refractivity contribution in [1.29, 1.82) is 0 Å². The molecule has 1 aliphatic rings. The van der Waals surface area contributed by atoms with Crippen LogP contribution in [0.3, 0.4) is 0 Å². The summed E-state index contributed by atoms with van der Waals surface area (Å²) in [6, 6.07) is 3.89. The summed E-state index contributed by atoms with van der Waals surface area (Å²) in [6.07, 6.45) is 2.66. The minimum atomic E-state index is -2.13. The molecular weight excluding hydrogens is 220 g/mol. The van der Waals surface area contributed by atoms with Crippen LogP contribution in [0.1, 0.15) is 32.9 Å². The second kappa shape index (κ2) is 3.84. The SMILES string of the molecule is CC(C)(C)c1ccc([S@@]2(=O)=NCCC2)cn1. The van der Waals surface area contributed by atoms with Crippen molar-refractivity contribution in [3.05, 3.63) is 24.0 Å². The van der Waals surface area contributed by atoms with Crippen LogP contribution in [0, 0.1) is 0 Å². The Morgan fingerprint density at radius 1 is 1.31 bits per heavy atom. The Balaban J connectivity index is 2.37. The van der Waals surface area contributed by atoms with Crippen LogP contribution in [0.2, 0.25) is 0 Å². The molecule has 0 bridgehead atoms. The van der Waals surface area contributed by atoms with E-state index in [9.17, 15) is 4.21 Å². The first-order valence-electron chi connectivity index (χ1n) is 5.59. The summed E-state index contributed by atoms with van der Waals surface area (Å²) in [7, 11) is -2.13. The first kappa shape index (κ1) is 11.6. The summed E-state index contributed by atoms with van der Waals surface area (Å²) < 4.78 is 16.6. The molecule has 1 atom stereocenters. The van der Waals surface area contributed by atoms with Crippen LogP contribution >= 0.6 is 0 Å². The van der Waals surface area contributed by atoms with Gasteiger partial charge in [0.15, 0.2) is 0 Å². The summed E-state index contributed by atoms with van der Waals surface area (Å²) in [5.41, 5.74) is 1.06. The number of nitrogens with zero attached hydrogens (tertiary/aromatic N) is 2. The second-order valence-electron chi connectivity index (χ2n) is 5.18. The van der Waals surface area contributed by atoms with Crippen molar-refractivity contribution in [2.24, 2.45) is 4.36 Å². The zero-order valence-corrected chi connectivity index (χ0v) is 10.9. The van der Waals surface area contributed by atoms with E-state index in [0.29, 0.717) is 5.75 Å². The number of hydrogen-bond donors (Lipinski definition) is 0. The number of pyridine rings is 1. The molecule has 1 aromatic rings. The van der Waals surface area contributed by atoms with E-state index in [1.807, 2.05) is 12.1 Å². The summed E-state index contributed by atoms with van der Waals surface area (Å²) in [6.45, 7) is 7.08. The number of rotatable bonds is 1. The van der Waals surface area contributed by atoms with E-state index in [2.05, 4.69) is 30.1 Å². The molecule has 0 spiro atoms. The Morgan fingerprint density at radius 3 is 2.50 bits per heavy atom. The molecule has 2 rings (SSSR count). The van der Waals surface area contributed by atoms with Crippen molar-refractivity contribution in [2.75, 3.05) is 12.3 Å². The smallest absolute Gasteiger partial charge is 0.0768 e. The van der Waals surface area contributed by atoms with Crippen molar-refractivity contribution in [3.8, 4) is 0 Å². The lowest BCUT2D eigenvalue weighted by atomic mass is 9.92. The van der Waals surface area contributed by atoms with Gasteiger partial charge >= 0.3 is 0 Å². The molecule has 88 valence electrons. The fraction of sp³-hybridized carbons (Fsp3) is 0.583. The molecule has 4 heteroatoms. The van der Waals surface area contributed by atoms with Gasteiger partial charge in [0.25, 0.3) is 0 Å². The van der Waals surface area contributed by atoms with Crippen LogP contribution in [0.15, 0.2) is 27.6 Å². The van der Waals surface area contributed by atoms with Gasteiger partial charge in [0, 0.05) is 29.6 Å². The fourth-order valence-corrected chi connectivity index (χ4v) is 3.70. The Morgan fingerprint density at radius 2 is 2.06 bits per heavy atom. The van der Waals surface area contributed by atoms with Gasteiger partial charge < -0.3 is 0 Å². The van der Waals surface area contributed by atoms with E-state index < -0.39 is 9.73 Å². The molecule has 16 heavy (non-hydrogen) atoms. The quantitative estimate of drug-likeness (QED) is 0.754. The molecule has 1 aliphatic heterocycles. The Kier molecular flexibility index (Phi) is 2.78. The summed E-state index contributed by atoms with van der Waals surface area (Å²) >= 11 is 0. The standard InChI is InChI=1S/C12H18N2OS/c1-12(2,3)11-6-5-10(9-13-11)16(15)8-4-7-14-16/h5-6,9H,4,7-8H2,1-3H3/t16-/m1/s1. The maximum absolute atomic E-state index is 12.3. The van der Waals surface area contributed by atoms with Gasteiger partial charge in [-0.3, -0.25) is 4.98 Å². The normalized spacial score (nSPS) is 25.4. The van der Waals surface area contributed by atoms with E-state index in [1.165, 1.54) is 0 Å². The molecule has 0 N–H and O–H groups in total. The van der Waals surface area contributed by atoms with E-state index in [0.717, 1.165) is 23.6 Å². The summed E-state index contributed by atoms with van der Waals surface area (Å²) in [4.78, 5) is 5.19. The molecule has 3 nitrogen and oxygen atoms in total. The monoisotopic (exact) mass is 238 g/mol. The van der Waals surface area contributed by atoms with Crippen molar-refractivity contribution in [1.82, 2.24) is 4.98 Å². The molecule has 1 aromatic heterocycles. The first-order chi connectivity index (χ1) is 7.42. The van der Waals surface area contributed by atoms with E-state index in [-0.39, 0.29) is 5.41 Å². The van der Waals surface area contributed by atoms with Gasteiger partial charge in [0.2, 0.25) is 0 Å². The first-order valence-corrected chi connectivity index (χ1v) is 7.27. The van der Waals surface area contributed by atoms with Crippen molar-refractivity contribution < 1.29 is 4.21 Å². The molecule has 0 aromatic carbocycles. The number of aromatic nitrogens is 1. The highest BCUT2D eigenvalue weighted by Gasteiger charge is 2.20. The van der Waals surface area contributed by atoms with Crippen LogP contribution in [0.25, 0.3) is 0 Å². The van der Waals surface area contributed by atoms with Gasteiger partial charge in [-0.15, -0.1) is 0 Å². The van der Waals surface area contributed by atoms with Crippen LogP contribution in [-0.4, -0.2) is 21.5 Å². The average molecular weight is 238 g/mol. The van der Waals surface area contributed by atoms with Crippen LogP contribution in [-0.2, 0) is 15.1 Å².